The van der Waals surface area contributed by atoms with Gasteiger partial charge in [-0.05, 0) is 37.0 Å². The second kappa shape index (κ2) is 12.4. The Morgan fingerprint density at radius 1 is 1.32 bits per heavy atom. The SMILES string of the molecule is CN=C(NCCCOC1CCOCC1)N(C)Cc1ccc(F)cc1.I. The molecule has 25 heavy (non-hydrogen) atoms. The number of guanidine groups is 1. The molecule has 1 fully saturated rings. The molecule has 1 aromatic rings. The van der Waals surface area contributed by atoms with Gasteiger partial charge >= 0.3 is 0 Å². The van der Waals surface area contributed by atoms with Crippen molar-refractivity contribution < 1.29 is 13.9 Å². The summed E-state index contributed by atoms with van der Waals surface area (Å²) in [6.07, 6.45) is 3.27. The number of aliphatic imine (C=N–C) groups is 1. The molecule has 142 valence electrons. The van der Waals surface area contributed by atoms with Crippen molar-refractivity contribution in [2.24, 2.45) is 4.99 Å². The molecular formula is C18H29FIN3O2. The first-order valence-electron chi connectivity index (χ1n) is 8.54. The van der Waals surface area contributed by atoms with Crippen molar-refractivity contribution in [3.8, 4) is 0 Å². The van der Waals surface area contributed by atoms with Crippen molar-refractivity contribution >= 4 is 29.9 Å². The quantitative estimate of drug-likeness (QED) is 0.291. The van der Waals surface area contributed by atoms with Gasteiger partial charge in [-0.25, -0.2) is 4.39 Å². The number of nitrogens with one attached hydrogen (secondary N) is 1. The molecule has 7 heteroatoms. The van der Waals surface area contributed by atoms with E-state index in [-0.39, 0.29) is 29.8 Å². The van der Waals surface area contributed by atoms with Crippen molar-refractivity contribution in [3.05, 3.63) is 35.6 Å². The molecule has 1 heterocycles. The molecule has 0 spiro atoms. The first kappa shape index (κ1) is 22.1. The smallest absolute Gasteiger partial charge is 0.193 e. The zero-order chi connectivity index (χ0) is 17.2. The fourth-order valence-corrected chi connectivity index (χ4v) is 2.69. The molecule has 0 saturated carbocycles. The maximum Gasteiger partial charge on any atom is 0.193 e. The number of rotatable bonds is 7. The molecule has 0 aromatic heterocycles. The van der Waals surface area contributed by atoms with Gasteiger partial charge in [0.2, 0.25) is 0 Å². The minimum atomic E-state index is -0.214. The Balaban J connectivity index is 0.00000312. The summed E-state index contributed by atoms with van der Waals surface area (Å²) in [7, 11) is 3.74. The van der Waals surface area contributed by atoms with Crippen molar-refractivity contribution in [2.45, 2.75) is 31.9 Å². The predicted octanol–water partition coefficient (Wildman–Crippen LogP) is 3.04. The number of nitrogens with zero attached hydrogens (tertiary/aromatic N) is 2. The molecule has 0 radical (unpaired) electrons. The van der Waals surface area contributed by atoms with Crippen LogP contribution >= 0.6 is 24.0 Å². The van der Waals surface area contributed by atoms with Gasteiger partial charge in [0.15, 0.2) is 5.96 Å². The van der Waals surface area contributed by atoms with Crippen LogP contribution in [0.2, 0.25) is 0 Å². The van der Waals surface area contributed by atoms with Gasteiger partial charge in [0.05, 0.1) is 6.10 Å². The summed E-state index contributed by atoms with van der Waals surface area (Å²) in [5.41, 5.74) is 1.05. The number of hydrogen-bond donors (Lipinski definition) is 1. The second-order valence-electron chi connectivity index (χ2n) is 5.99. The number of ether oxygens (including phenoxy) is 2. The maximum absolute atomic E-state index is 13.0. The maximum atomic E-state index is 13.0. The topological polar surface area (TPSA) is 46.1 Å². The van der Waals surface area contributed by atoms with Crippen molar-refractivity contribution in [2.75, 3.05) is 40.5 Å². The molecule has 1 N–H and O–H groups in total. The van der Waals surface area contributed by atoms with E-state index in [4.69, 9.17) is 9.47 Å². The van der Waals surface area contributed by atoms with E-state index in [0.29, 0.717) is 12.6 Å². The highest BCUT2D eigenvalue weighted by Gasteiger charge is 2.13. The molecule has 2 rings (SSSR count). The van der Waals surface area contributed by atoms with Crippen LogP contribution in [0.4, 0.5) is 4.39 Å². The van der Waals surface area contributed by atoms with Crippen molar-refractivity contribution in [1.82, 2.24) is 10.2 Å². The molecular weight excluding hydrogens is 436 g/mol. The van der Waals surface area contributed by atoms with Gasteiger partial charge in [0.1, 0.15) is 5.82 Å². The van der Waals surface area contributed by atoms with Crippen LogP contribution in [0.5, 0.6) is 0 Å². The first-order chi connectivity index (χ1) is 11.7. The van der Waals surface area contributed by atoms with Crippen LogP contribution in [-0.2, 0) is 16.0 Å². The summed E-state index contributed by atoms with van der Waals surface area (Å²) in [5.74, 6) is 0.610. The lowest BCUT2D eigenvalue weighted by atomic mass is 10.1. The average molecular weight is 465 g/mol. The zero-order valence-corrected chi connectivity index (χ0v) is 17.4. The van der Waals surface area contributed by atoms with Crippen molar-refractivity contribution in [3.63, 3.8) is 0 Å². The lowest BCUT2D eigenvalue weighted by molar-refractivity contribution is -0.0320. The van der Waals surface area contributed by atoms with Crippen LogP contribution < -0.4 is 5.32 Å². The van der Waals surface area contributed by atoms with Crippen LogP contribution in [0.15, 0.2) is 29.3 Å². The Hall–Kier alpha value is -0.930. The molecule has 1 aromatic carbocycles. The fourth-order valence-electron chi connectivity index (χ4n) is 2.69. The van der Waals surface area contributed by atoms with E-state index in [1.165, 1.54) is 12.1 Å². The summed E-state index contributed by atoms with van der Waals surface area (Å²) in [6, 6.07) is 6.54. The minimum absolute atomic E-state index is 0. The monoisotopic (exact) mass is 465 g/mol. The Labute approximate surface area is 167 Å². The largest absolute Gasteiger partial charge is 0.381 e. The summed E-state index contributed by atoms with van der Waals surface area (Å²) >= 11 is 0. The number of hydrogen-bond acceptors (Lipinski definition) is 3. The minimum Gasteiger partial charge on any atom is -0.381 e. The van der Waals surface area contributed by atoms with E-state index in [0.717, 1.165) is 57.2 Å². The highest BCUT2D eigenvalue weighted by molar-refractivity contribution is 14.0. The molecule has 0 unspecified atom stereocenters. The summed E-state index contributed by atoms with van der Waals surface area (Å²) < 4.78 is 24.1. The van der Waals surface area contributed by atoms with Crippen LogP contribution in [0, 0.1) is 5.82 Å². The third kappa shape index (κ3) is 8.33. The zero-order valence-electron chi connectivity index (χ0n) is 15.0. The summed E-state index contributed by atoms with van der Waals surface area (Å²) in [4.78, 5) is 6.31. The van der Waals surface area contributed by atoms with Gasteiger partial charge in [-0.2, -0.15) is 0 Å². The van der Waals surface area contributed by atoms with E-state index in [2.05, 4.69) is 10.3 Å². The Morgan fingerprint density at radius 3 is 2.64 bits per heavy atom. The van der Waals surface area contributed by atoms with Crippen LogP contribution in [0.25, 0.3) is 0 Å². The van der Waals surface area contributed by atoms with E-state index in [1.807, 2.05) is 11.9 Å². The van der Waals surface area contributed by atoms with E-state index < -0.39 is 0 Å². The Bertz CT molecular complexity index is 508. The Kier molecular flexibility index (Phi) is 11.0. The lowest BCUT2D eigenvalue weighted by Gasteiger charge is -2.23. The fraction of sp³-hybridized carbons (Fsp3) is 0.611. The summed E-state index contributed by atoms with van der Waals surface area (Å²) in [6.45, 7) is 3.85. The highest BCUT2D eigenvalue weighted by atomic mass is 127. The first-order valence-corrected chi connectivity index (χ1v) is 8.54. The predicted molar refractivity (Wildman–Crippen MR) is 109 cm³/mol. The number of halogens is 2. The lowest BCUT2D eigenvalue weighted by Crippen LogP contribution is -2.39. The third-order valence-corrected chi connectivity index (χ3v) is 4.03. The van der Waals surface area contributed by atoms with E-state index >= 15 is 0 Å². The standard InChI is InChI=1S/C18H28FN3O2.HI/c1-20-18(22(2)14-15-4-6-16(19)7-5-15)21-10-3-11-24-17-8-12-23-13-9-17;/h4-7,17H,3,8-14H2,1-2H3,(H,20,21);1H. The molecule has 0 amide bonds. The highest BCUT2D eigenvalue weighted by Crippen LogP contribution is 2.10. The van der Waals surface area contributed by atoms with Crippen LogP contribution in [-0.4, -0.2) is 57.4 Å². The molecule has 0 atom stereocenters. The van der Waals surface area contributed by atoms with Gasteiger partial charge in [-0.15, -0.1) is 24.0 Å². The molecule has 1 aliphatic rings. The molecule has 1 aliphatic heterocycles. The molecule has 1 saturated heterocycles. The molecule has 0 bridgehead atoms. The van der Waals surface area contributed by atoms with Gasteiger partial charge in [0.25, 0.3) is 0 Å². The summed E-state index contributed by atoms with van der Waals surface area (Å²) in [5, 5.41) is 3.34. The number of benzene rings is 1. The molecule has 5 nitrogen and oxygen atoms in total. The average Bonchev–Trinajstić information content (AvgIpc) is 2.61. The van der Waals surface area contributed by atoms with Gasteiger partial charge in [-0.3, -0.25) is 4.99 Å². The van der Waals surface area contributed by atoms with E-state index in [1.54, 1.807) is 19.2 Å². The van der Waals surface area contributed by atoms with Gasteiger partial charge < -0.3 is 19.7 Å². The second-order valence-corrected chi connectivity index (χ2v) is 5.99. The van der Waals surface area contributed by atoms with Gasteiger partial charge in [0, 0.05) is 47.0 Å². The van der Waals surface area contributed by atoms with Crippen LogP contribution in [0.3, 0.4) is 0 Å². The molecule has 0 aliphatic carbocycles. The van der Waals surface area contributed by atoms with E-state index in [9.17, 15) is 4.39 Å². The Morgan fingerprint density at radius 2 is 2.00 bits per heavy atom. The van der Waals surface area contributed by atoms with Crippen molar-refractivity contribution in [1.29, 1.82) is 0 Å². The van der Waals surface area contributed by atoms with Crippen LogP contribution in [0.1, 0.15) is 24.8 Å². The third-order valence-electron chi connectivity index (χ3n) is 4.03. The van der Waals surface area contributed by atoms with Gasteiger partial charge in [-0.1, -0.05) is 12.1 Å². The normalized spacial score (nSPS) is 15.6.